The zero-order chi connectivity index (χ0) is 18.5. The Hall–Kier alpha value is -2.82. The van der Waals surface area contributed by atoms with Crippen LogP contribution >= 0.6 is 0 Å². The van der Waals surface area contributed by atoms with E-state index in [2.05, 4.69) is 22.2 Å². The first-order valence-corrected chi connectivity index (χ1v) is 9.03. The fraction of sp³-hybridized carbons (Fsp3) is 0.333. The first-order chi connectivity index (χ1) is 12.5. The summed E-state index contributed by atoms with van der Waals surface area (Å²) < 4.78 is 5.73. The average molecular weight is 351 g/mol. The van der Waals surface area contributed by atoms with Crippen LogP contribution in [-0.4, -0.2) is 22.0 Å². The lowest BCUT2D eigenvalue weighted by Crippen LogP contribution is -2.28. The molecule has 2 N–H and O–H groups in total. The lowest BCUT2D eigenvalue weighted by molar-refractivity contribution is -0.121. The molecule has 1 unspecified atom stereocenters. The third kappa shape index (κ3) is 4.42. The molecule has 0 fully saturated rings. The van der Waals surface area contributed by atoms with Crippen molar-refractivity contribution in [3.05, 3.63) is 60.0 Å². The van der Waals surface area contributed by atoms with Gasteiger partial charge in [0.1, 0.15) is 5.75 Å². The predicted molar refractivity (Wildman–Crippen MR) is 103 cm³/mol. The molecule has 1 aromatic carbocycles. The molecule has 0 radical (unpaired) electrons. The summed E-state index contributed by atoms with van der Waals surface area (Å²) in [6.45, 7) is 6.04. The Labute approximate surface area is 153 Å². The molecule has 26 heavy (non-hydrogen) atoms. The van der Waals surface area contributed by atoms with Crippen LogP contribution in [-0.2, 0) is 11.2 Å². The topological polar surface area (TPSA) is 67.0 Å². The van der Waals surface area contributed by atoms with Crippen LogP contribution in [0.25, 0.3) is 10.9 Å². The molecule has 3 aromatic rings. The van der Waals surface area contributed by atoms with Crippen molar-refractivity contribution in [3.8, 4) is 5.75 Å². The van der Waals surface area contributed by atoms with E-state index in [1.807, 2.05) is 56.4 Å². The molecule has 1 amide bonds. The van der Waals surface area contributed by atoms with Crippen molar-refractivity contribution in [2.45, 2.75) is 45.8 Å². The second kappa shape index (κ2) is 8.04. The summed E-state index contributed by atoms with van der Waals surface area (Å²) >= 11 is 0. The van der Waals surface area contributed by atoms with Gasteiger partial charge in [-0.15, -0.1) is 0 Å². The number of H-pyrrole nitrogens is 1. The second-order valence-corrected chi connectivity index (χ2v) is 6.62. The average Bonchev–Trinajstić information content (AvgIpc) is 3.09. The Bertz CT molecular complexity index is 870. The summed E-state index contributed by atoms with van der Waals surface area (Å²) in [4.78, 5) is 19.9. The van der Waals surface area contributed by atoms with Crippen LogP contribution in [0.15, 0.2) is 48.8 Å². The van der Waals surface area contributed by atoms with E-state index >= 15 is 0 Å². The molecule has 0 aliphatic carbocycles. The van der Waals surface area contributed by atoms with Gasteiger partial charge in [0.15, 0.2) is 0 Å². The quantitative estimate of drug-likeness (QED) is 0.672. The Morgan fingerprint density at radius 3 is 2.81 bits per heavy atom. The number of fused-ring (bicyclic) bond motifs is 1. The number of rotatable bonds is 7. The monoisotopic (exact) mass is 351 g/mol. The van der Waals surface area contributed by atoms with Gasteiger partial charge in [-0.05, 0) is 55.5 Å². The maximum absolute atomic E-state index is 12.3. The summed E-state index contributed by atoms with van der Waals surface area (Å²) in [5, 5.41) is 4.15. The van der Waals surface area contributed by atoms with E-state index in [9.17, 15) is 4.79 Å². The minimum absolute atomic E-state index is 0.0230. The van der Waals surface area contributed by atoms with Crippen molar-refractivity contribution in [3.63, 3.8) is 0 Å². The number of aromatic nitrogens is 2. The van der Waals surface area contributed by atoms with Crippen LogP contribution in [0.3, 0.4) is 0 Å². The van der Waals surface area contributed by atoms with Crippen LogP contribution in [0.4, 0.5) is 0 Å². The molecule has 0 saturated carbocycles. The molecule has 0 aliphatic heterocycles. The number of carbonyl (C=O) groups excluding carboxylic acids is 1. The smallest absolute Gasteiger partial charge is 0.224 e. The van der Waals surface area contributed by atoms with Gasteiger partial charge < -0.3 is 15.0 Å². The van der Waals surface area contributed by atoms with Gasteiger partial charge in [-0.1, -0.05) is 19.1 Å². The zero-order valence-corrected chi connectivity index (χ0v) is 15.5. The summed E-state index contributed by atoms with van der Waals surface area (Å²) in [7, 11) is 0. The number of nitrogens with one attached hydrogen (secondary N) is 2. The lowest BCUT2D eigenvalue weighted by atomic mass is 10.1. The maximum Gasteiger partial charge on any atom is 0.224 e. The minimum Gasteiger partial charge on any atom is -0.489 e. The van der Waals surface area contributed by atoms with Gasteiger partial charge in [-0.2, -0.15) is 0 Å². The molecule has 5 heteroatoms. The van der Waals surface area contributed by atoms with Crippen molar-refractivity contribution in [2.24, 2.45) is 0 Å². The van der Waals surface area contributed by atoms with Crippen LogP contribution < -0.4 is 10.1 Å². The number of carbonyl (C=O) groups is 1. The number of ether oxygens (including phenoxy) is 1. The van der Waals surface area contributed by atoms with Gasteiger partial charge in [0.2, 0.25) is 5.91 Å². The third-order valence-electron chi connectivity index (χ3n) is 4.48. The zero-order valence-electron chi connectivity index (χ0n) is 15.5. The molecule has 5 nitrogen and oxygen atoms in total. The Kier molecular flexibility index (Phi) is 5.56. The molecule has 2 heterocycles. The van der Waals surface area contributed by atoms with E-state index in [1.165, 1.54) is 0 Å². The lowest BCUT2D eigenvalue weighted by Gasteiger charge is -2.15. The van der Waals surface area contributed by atoms with Gasteiger partial charge in [-0.3, -0.25) is 9.78 Å². The standard InChI is InChI=1S/C21H25N3O2/c1-4-14(2)26-18-7-8-19(23-13-18)15(3)24-21(25)12-16-5-6-17-9-10-22-20(17)11-16/h5-11,13-15,22H,4,12H2,1-3H3,(H,24,25)/t14-,15?/m1/s1. The fourth-order valence-corrected chi connectivity index (χ4v) is 2.79. The molecule has 0 saturated heterocycles. The molecule has 136 valence electrons. The third-order valence-corrected chi connectivity index (χ3v) is 4.48. The van der Waals surface area contributed by atoms with Crippen molar-refractivity contribution in [2.75, 3.05) is 0 Å². The van der Waals surface area contributed by atoms with Crippen LogP contribution in [0, 0.1) is 0 Å². The largest absolute Gasteiger partial charge is 0.489 e. The molecule has 3 rings (SSSR count). The molecule has 0 bridgehead atoms. The first-order valence-electron chi connectivity index (χ1n) is 9.03. The number of nitrogens with zero attached hydrogens (tertiary/aromatic N) is 1. The van der Waals surface area contributed by atoms with E-state index in [1.54, 1.807) is 6.20 Å². The Morgan fingerprint density at radius 2 is 2.08 bits per heavy atom. The highest BCUT2D eigenvalue weighted by atomic mass is 16.5. The highest BCUT2D eigenvalue weighted by Crippen LogP contribution is 2.17. The Morgan fingerprint density at radius 1 is 1.23 bits per heavy atom. The van der Waals surface area contributed by atoms with Gasteiger partial charge in [0, 0.05) is 11.7 Å². The molecule has 2 aromatic heterocycles. The molecule has 0 aliphatic rings. The first kappa shape index (κ1) is 18.0. The maximum atomic E-state index is 12.3. The normalized spacial score (nSPS) is 13.3. The summed E-state index contributed by atoms with van der Waals surface area (Å²) in [5.41, 5.74) is 2.84. The van der Waals surface area contributed by atoms with Crippen LogP contribution in [0.1, 0.15) is 44.5 Å². The summed E-state index contributed by atoms with van der Waals surface area (Å²) in [6, 6.07) is 11.7. The summed E-state index contributed by atoms with van der Waals surface area (Å²) in [5.74, 6) is 0.728. The number of hydrogen-bond donors (Lipinski definition) is 2. The highest BCUT2D eigenvalue weighted by Gasteiger charge is 2.12. The number of amides is 1. The van der Waals surface area contributed by atoms with Crippen molar-refractivity contribution < 1.29 is 9.53 Å². The minimum atomic E-state index is -0.158. The molecular weight excluding hydrogens is 326 g/mol. The fourth-order valence-electron chi connectivity index (χ4n) is 2.79. The van der Waals surface area contributed by atoms with Crippen LogP contribution in [0.5, 0.6) is 5.75 Å². The van der Waals surface area contributed by atoms with Crippen molar-refractivity contribution >= 4 is 16.8 Å². The molecule has 2 atom stereocenters. The van der Waals surface area contributed by atoms with E-state index in [4.69, 9.17) is 4.74 Å². The molecular formula is C21H25N3O2. The summed E-state index contributed by atoms with van der Waals surface area (Å²) in [6.07, 6.45) is 5.06. The van der Waals surface area contributed by atoms with E-state index in [-0.39, 0.29) is 18.1 Å². The van der Waals surface area contributed by atoms with Gasteiger partial charge in [-0.25, -0.2) is 0 Å². The van der Waals surface area contributed by atoms with E-state index in [0.29, 0.717) is 6.42 Å². The van der Waals surface area contributed by atoms with Gasteiger partial charge >= 0.3 is 0 Å². The SMILES string of the molecule is CC[C@@H](C)Oc1ccc(C(C)NC(=O)Cc2ccc3cc[nH]c3c2)nc1. The number of hydrogen-bond acceptors (Lipinski definition) is 3. The van der Waals surface area contributed by atoms with E-state index in [0.717, 1.165) is 34.3 Å². The Balaban J connectivity index is 1.58. The van der Waals surface area contributed by atoms with Crippen molar-refractivity contribution in [1.82, 2.24) is 15.3 Å². The highest BCUT2D eigenvalue weighted by molar-refractivity contribution is 5.83. The van der Waals surface area contributed by atoms with E-state index < -0.39 is 0 Å². The number of aromatic amines is 1. The molecule has 0 spiro atoms. The predicted octanol–water partition coefficient (Wildman–Crippen LogP) is 4.16. The number of pyridine rings is 1. The second-order valence-electron chi connectivity index (χ2n) is 6.62. The van der Waals surface area contributed by atoms with Gasteiger partial charge in [0.25, 0.3) is 0 Å². The van der Waals surface area contributed by atoms with Gasteiger partial charge in [0.05, 0.1) is 30.5 Å². The van der Waals surface area contributed by atoms with Crippen molar-refractivity contribution in [1.29, 1.82) is 0 Å². The number of benzene rings is 1. The van der Waals surface area contributed by atoms with Crippen LogP contribution in [0.2, 0.25) is 0 Å².